The molecule has 0 radical (unpaired) electrons. The summed E-state index contributed by atoms with van der Waals surface area (Å²) in [6.45, 7) is 0. The van der Waals surface area contributed by atoms with Crippen molar-refractivity contribution in [2.45, 2.75) is 24.7 Å². The van der Waals surface area contributed by atoms with Gasteiger partial charge in [-0.15, -0.1) is 0 Å². The van der Waals surface area contributed by atoms with Gasteiger partial charge >= 0.3 is 0 Å². The molecule has 36 heavy (non-hydrogen) atoms. The molecule has 0 aromatic heterocycles. The zero-order valence-corrected chi connectivity index (χ0v) is 21.8. The highest BCUT2D eigenvalue weighted by molar-refractivity contribution is 6.33. The maximum atomic E-state index is 9.94. The number of hydrogen-bond acceptors (Lipinski definition) is 4. The summed E-state index contributed by atoms with van der Waals surface area (Å²) in [7, 11) is 0. The van der Waals surface area contributed by atoms with E-state index < -0.39 is 0 Å². The average molecular weight is 564 g/mol. The fourth-order valence-corrected chi connectivity index (χ4v) is 5.10. The summed E-state index contributed by atoms with van der Waals surface area (Å²) >= 11 is 24.9. The molecule has 0 saturated heterocycles. The Balaban J connectivity index is 1.76. The van der Waals surface area contributed by atoms with Gasteiger partial charge in [0.25, 0.3) is 0 Å². The molecule has 4 aromatic carbocycles. The second-order valence-corrected chi connectivity index (χ2v) is 10.2. The number of phenolic OH excluding ortho intramolecular Hbond substituents is 4. The Kier molecular flexibility index (Phi) is 8.11. The van der Waals surface area contributed by atoms with Crippen LogP contribution in [0.1, 0.15) is 46.9 Å². The fraction of sp³-hybridized carbons (Fsp3) is 0.143. The first kappa shape index (κ1) is 26.3. The Morgan fingerprint density at radius 3 is 0.833 bits per heavy atom. The largest absolute Gasteiger partial charge is 0.506 e. The molecule has 0 aliphatic heterocycles. The van der Waals surface area contributed by atoms with Crippen LogP contribution in [0.3, 0.4) is 0 Å². The van der Waals surface area contributed by atoms with E-state index in [0.29, 0.717) is 12.8 Å². The van der Waals surface area contributed by atoms with Crippen molar-refractivity contribution in [3.8, 4) is 23.0 Å². The maximum Gasteiger partial charge on any atom is 0.134 e. The average Bonchev–Trinajstić information content (AvgIpc) is 2.84. The normalized spacial score (nSPS) is 11.4. The number of phenols is 4. The molecule has 4 N–H and O–H groups in total. The highest BCUT2D eigenvalue weighted by atomic mass is 35.5. The third-order valence-corrected chi connectivity index (χ3v) is 7.45. The number of hydrogen-bond donors (Lipinski definition) is 4. The third kappa shape index (κ3) is 5.79. The van der Waals surface area contributed by atoms with Gasteiger partial charge in [0.2, 0.25) is 0 Å². The van der Waals surface area contributed by atoms with E-state index in [1.54, 1.807) is 72.8 Å². The summed E-state index contributed by atoms with van der Waals surface area (Å²) in [5.41, 5.74) is 3.47. The zero-order chi connectivity index (χ0) is 26.0. The quantitative estimate of drug-likeness (QED) is 0.181. The summed E-state index contributed by atoms with van der Waals surface area (Å²) < 4.78 is 0. The standard InChI is InChI=1S/C28H22Cl4O4/c29-21-11-15(1-7-25(21)33)19(16-2-8-26(34)22(30)12-16)5-6-20(17-3-9-27(35)23(31)13-17)18-4-10-28(36)24(32)14-18/h1-4,7-14,19-20,33-36H,5-6H2. The zero-order valence-electron chi connectivity index (χ0n) is 18.8. The lowest BCUT2D eigenvalue weighted by Gasteiger charge is -2.24. The lowest BCUT2D eigenvalue weighted by Crippen LogP contribution is -2.07. The molecule has 0 heterocycles. The summed E-state index contributed by atoms with van der Waals surface area (Å²) in [6.07, 6.45) is 1.23. The van der Waals surface area contributed by atoms with Gasteiger partial charge in [-0.3, -0.25) is 0 Å². The highest BCUT2D eigenvalue weighted by Crippen LogP contribution is 2.41. The molecular formula is C28H22Cl4O4. The molecule has 0 amide bonds. The topological polar surface area (TPSA) is 80.9 Å². The van der Waals surface area contributed by atoms with Crippen molar-refractivity contribution in [1.82, 2.24) is 0 Å². The molecule has 4 rings (SSSR count). The molecule has 0 saturated carbocycles. The van der Waals surface area contributed by atoms with Gasteiger partial charge in [-0.25, -0.2) is 0 Å². The van der Waals surface area contributed by atoms with Crippen LogP contribution in [0.4, 0.5) is 0 Å². The van der Waals surface area contributed by atoms with E-state index in [9.17, 15) is 20.4 Å². The second kappa shape index (κ2) is 11.1. The summed E-state index contributed by atoms with van der Waals surface area (Å²) in [5, 5.41) is 40.7. The van der Waals surface area contributed by atoms with Crippen LogP contribution in [0.2, 0.25) is 20.1 Å². The minimum absolute atomic E-state index is 0.0155. The monoisotopic (exact) mass is 562 g/mol. The minimum Gasteiger partial charge on any atom is -0.506 e. The van der Waals surface area contributed by atoms with Crippen molar-refractivity contribution >= 4 is 46.4 Å². The van der Waals surface area contributed by atoms with E-state index in [1.807, 2.05) is 0 Å². The molecule has 8 heteroatoms. The first-order chi connectivity index (χ1) is 17.1. The van der Waals surface area contributed by atoms with Crippen LogP contribution in [-0.4, -0.2) is 20.4 Å². The summed E-state index contributed by atoms with van der Waals surface area (Å²) in [5.74, 6) is -0.416. The van der Waals surface area contributed by atoms with Crippen molar-refractivity contribution < 1.29 is 20.4 Å². The number of aromatic hydroxyl groups is 4. The van der Waals surface area contributed by atoms with Crippen LogP contribution in [0, 0.1) is 0 Å². The van der Waals surface area contributed by atoms with Gasteiger partial charge in [0.05, 0.1) is 20.1 Å². The lowest BCUT2D eigenvalue weighted by atomic mass is 9.81. The lowest BCUT2D eigenvalue weighted by molar-refractivity contribution is 0.473. The van der Waals surface area contributed by atoms with Crippen LogP contribution in [0.25, 0.3) is 0 Å². The molecule has 4 nitrogen and oxygen atoms in total. The third-order valence-electron chi connectivity index (χ3n) is 6.24. The van der Waals surface area contributed by atoms with Crippen molar-refractivity contribution in [2.75, 3.05) is 0 Å². The van der Waals surface area contributed by atoms with Gasteiger partial charge in [-0.05, 0) is 83.6 Å². The first-order valence-electron chi connectivity index (χ1n) is 11.1. The highest BCUT2D eigenvalue weighted by Gasteiger charge is 2.22. The van der Waals surface area contributed by atoms with E-state index in [2.05, 4.69) is 0 Å². The minimum atomic E-state index is -0.177. The second-order valence-electron chi connectivity index (χ2n) is 8.53. The van der Waals surface area contributed by atoms with Gasteiger partial charge < -0.3 is 20.4 Å². The van der Waals surface area contributed by atoms with Gasteiger partial charge in [0.15, 0.2) is 0 Å². The van der Waals surface area contributed by atoms with Gasteiger partial charge in [-0.2, -0.15) is 0 Å². The Bertz CT molecular complexity index is 1200. The van der Waals surface area contributed by atoms with Gasteiger partial charge in [0, 0.05) is 11.8 Å². The molecule has 4 aromatic rings. The number of halogens is 4. The summed E-state index contributed by atoms with van der Waals surface area (Å²) in [4.78, 5) is 0. The molecular weight excluding hydrogens is 542 g/mol. The van der Waals surface area contributed by atoms with E-state index in [4.69, 9.17) is 46.4 Å². The fourth-order valence-electron chi connectivity index (χ4n) is 4.34. The van der Waals surface area contributed by atoms with E-state index in [0.717, 1.165) is 22.3 Å². The van der Waals surface area contributed by atoms with Crippen LogP contribution in [0.15, 0.2) is 72.8 Å². The van der Waals surface area contributed by atoms with Crippen molar-refractivity contribution in [3.05, 3.63) is 115 Å². The number of benzene rings is 4. The predicted molar refractivity (Wildman–Crippen MR) is 145 cm³/mol. The molecule has 0 aliphatic rings. The predicted octanol–water partition coefficient (Wildman–Crippen LogP) is 8.87. The molecule has 0 spiro atoms. The van der Waals surface area contributed by atoms with Crippen molar-refractivity contribution in [3.63, 3.8) is 0 Å². The van der Waals surface area contributed by atoms with Crippen LogP contribution in [0.5, 0.6) is 23.0 Å². The SMILES string of the molecule is Oc1ccc(C(CCC(c2ccc(O)c(Cl)c2)c2ccc(O)c(Cl)c2)c2ccc(O)c(Cl)c2)cc1Cl. The Morgan fingerprint density at radius 2 is 0.639 bits per heavy atom. The van der Waals surface area contributed by atoms with Gasteiger partial charge in [-0.1, -0.05) is 70.7 Å². The molecule has 0 unspecified atom stereocenters. The van der Waals surface area contributed by atoms with Crippen LogP contribution < -0.4 is 0 Å². The van der Waals surface area contributed by atoms with Crippen molar-refractivity contribution in [1.29, 1.82) is 0 Å². The van der Waals surface area contributed by atoms with E-state index >= 15 is 0 Å². The van der Waals surface area contributed by atoms with E-state index in [1.165, 1.54) is 0 Å². The maximum absolute atomic E-state index is 9.94. The first-order valence-corrected chi connectivity index (χ1v) is 12.6. The molecule has 186 valence electrons. The molecule has 0 fully saturated rings. The Labute approximate surface area is 228 Å². The Hall–Kier alpha value is -2.76. The molecule has 0 bridgehead atoms. The summed E-state index contributed by atoms with van der Waals surface area (Å²) in [6, 6.07) is 20.2. The van der Waals surface area contributed by atoms with Crippen molar-refractivity contribution in [2.24, 2.45) is 0 Å². The molecule has 0 atom stereocenters. The molecule has 0 aliphatic carbocycles. The van der Waals surface area contributed by atoms with Crippen LogP contribution >= 0.6 is 46.4 Å². The van der Waals surface area contributed by atoms with Gasteiger partial charge in [0.1, 0.15) is 23.0 Å². The van der Waals surface area contributed by atoms with Crippen LogP contribution in [-0.2, 0) is 0 Å². The van der Waals surface area contributed by atoms with E-state index in [-0.39, 0.29) is 54.9 Å². The Morgan fingerprint density at radius 1 is 0.417 bits per heavy atom. The smallest absolute Gasteiger partial charge is 0.134 e. The number of rotatable bonds is 7.